The topological polar surface area (TPSA) is 145 Å². The van der Waals surface area contributed by atoms with Crippen molar-refractivity contribution in [3.63, 3.8) is 0 Å². The number of allylic oxidation sites excluding steroid dienone is 1. The van der Waals surface area contributed by atoms with Crippen LogP contribution in [0.25, 0.3) is 16.7 Å². The number of hydrogen-bond donors (Lipinski definition) is 3. The second-order valence-electron chi connectivity index (χ2n) is 7.04. The molecule has 4 rings (SSSR count). The molecule has 0 unspecified atom stereocenters. The summed E-state index contributed by atoms with van der Waals surface area (Å²) in [7, 11) is 0. The van der Waals surface area contributed by atoms with Crippen LogP contribution in [-0.2, 0) is 4.79 Å². The van der Waals surface area contributed by atoms with Crippen LogP contribution in [0, 0.1) is 16.7 Å². The molecule has 0 radical (unpaired) electrons. The Morgan fingerprint density at radius 1 is 1.17 bits per heavy atom. The Balaban J connectivity index is 1.69. The van der Waals surface area contributed by atoms with Crippen LogP contribution in [0.3, 0.4) is 0 Å². The van der Waals surface area contributed by atoms with E-state index in [0.29, 0.717) is 6.21 Å². The maximum atomic E-state index is 14.0. The Morgan fingerprint density at radius 3 is 2.56 bits per heavy atom. The van der Waals surface area contributed by atoms with E-state index in [0.717, 1.165) is 11.0 Å². The second kappa shape index (κ2) is 9.80. The number of nitrogens with one attached hydrogen (secondary N) is 3. The van der Waals surface area contributed by atoms with E-state index in [1.807, 2.05) is 6.07 Å². The molecule has 36 heavy (non-hydrogen) atoms. The lowest BCUT2D eigenvalue weighted by Gasteiger charge is -2.18. The highest BCUT2D eigenvalue weighted by Gasteiger charge is 2.38. The predicted molar refractivity (Wildman–Crippen MR) is 125 cm³/mol. The summed E-state index contributed by atoms with van der Waals surface area (Å²) < 4.78 is 42.1. The first-order valence-corrected chi connectivity index (χ1v) is 10.3. The zero-order valence-corrected chi connectivity index (χ0v) is 18.6. The van der Waals surface area contributed by atoms with Crippen LogP contribution in [0.15, 0.2) is 66.3 Å². The van der Waals surface area contributed by atoms with Crippen LogP contribution in [0.5, 0.6) is 0 Å². The van der Waals surface area contributed by atoms with Gasteiger partial charge in [0.1, 0.15) is 17.5 Å². The first-order chi connectivity index (χ1) is 17.2. The van der Waals surface area contributed by atoms with E-state index in [-0.39, 0.29) is 38.8 Å². The zero-order chi connectivity index (χ0) is 25.9. The van der Waals surface area contributed by atoms with Crippen LogP contribution in [0.4, 0.5) is 24.5 Å². The average Bonchev–Trinajstić information content (AvgIpc) is 3.37. The van der Waals surface area contributed by atoms with Gasteiger partial charge >= 0.3 is 6.18 Å². The molecular weight excluding hydrogens is 499 g/mol. The number of amides is 1. The number of benzene rings is 1. The molecular formula is C22H13ClF3N9O. The minimum Gasteiger partial charge on any atom is -0.350 e. The molecule has 3 N–H and O–H groups in total. The molecule has 0 saturated heterocycles. The molecule has 0 spiro atoms. The van der Waals surface area contributed by atoms with Crippen molar-refractivity contribution in [3.8, 4) is 11.9 Å². The maximum absolute atomic E-state index is 14.0. The molecule has 0 aliphatic heterocycles. The summed E-state index contributed by atoms with van der Waals surface area (Å²) in [5.74, 6) is -1.08. The number of rotatable bonds is 6. The van der Waals surface area contributed by atoms with Gasteiger partial charge in [-0.15, -0.1) is 4.80 Å². The monoisotopic (exact) mass is 511 g/mol. The summed E-state index contributed by atoms with van der Waals surface area (Å²) in [6.07, 6.45) is -0.783. The van der Waals surface area contributed by atoms with Crippen LogP contribution in [0.1, 0.15) is 5.69 Å². The van der Waals surface area contributed by atoms with E-state index in [1.165, 1.54) is 48.8 Å². The third-order valence-electron chi connectivity index (χ3n) is 4.74. The maximum Gasteiger partial charge on any atom is 0.432 e. The molecule has 0 aliphatic rings. The van der Waals surface area contributed by atoms with Gasteiger partial charge < -0.3 is 16.0 Å². The van der Waals surface area contributed by atoms with E-state index in [1.54, 1.807) is 0 Å². The molecule has 0 saturated carbocycles. The molecule has 1 amide bonds. The highest BCUT2D eigenvalue weighted by atomic mass is 35.5. The quantitative estimate of drug-likeness (QED) is 0.259. The van der Waals surface area contributed by atoms with Gasteiger partial charge in [-0.1, -0.05) is 17.7 Å². The van der Waals surface area contributed by atoms with E-state index in [9.17, 15) is 18.0 Å². The van der Waals surface area contributed by atoms with Gasteiger partial charge in [0, 0.05) is 17.3 Å². The molecule has 0 bridgehead atoms. The van der Waals surface area contributed by atoms with Gasteiger partial charge in [-0.2, -0.15) is 28.6 Å². The van der Waals surface area contributed by atoms with Crippen molar-refractivity contribution in [2.24, 2.45) is 0 Å². The van der Waals surface area contributed by atoms with Gasteiger partial charge in [-0.3, -0.25) is 4.79 Å². The fraction of sp³-hybridized carbons (Fsp3) is 0.0455. The van der Waals surface area contributed by atoms with Crippen LogP contribution in [-0.4, -0.2) is 43.3 Å². The second-order valence-corrected chi connectivity index (χ2v) is 7.45. The largest absolute Gasteiger partial charge is 0.432 e. The first kappa shape index (κ1) is 24.3. The van der Waals surface area contributed by atoms with Crippen molar-refractivity contribution in [1.29, 1.82) is 10.7 Å². The van der Waals surface area contributed by atoms with E-state index in [2.05, 4.69) is 30.8 Å². The van der Waals surface area contributed by atoms with Crippen molar-refractivity contribution >= 4 is 46.0 Å². The Morgan fingerprint density at radius 2 is 1.92 bits per heavy atom. The smallest absolute Gasteiger partial charge is 0.350 e. The van der Waals surface area contributed by atoms with Crippen molar-refractivity contribution in [2.45, 2.75) is 6.18 Å². The van der Waals surface area contributed by atoms with Crippen molar-refractivity contribution < 1.29 is 18.0 Å². The number of carbonyl (C=O) groups excluding carboxylic acids is 1. The minimum absolute atomic E-state index is 0.0137. The fourth-order valence-corrected chi connectivity index (χ4v) is 3.41. The van der Waals surface area contributed by atoms with Crippen LogP contribution < -0.4 is 10.6 Å². The lowest BCUT2D eigenvalue weighted by Crippen LogP contribution is -2.27. The Bertz CT molecular complexity index is 1540. The average molecular weight is 512 g/mol. The summed E-state index contributed by atoms with van der Waals surface area (Å²) >= 11 is 6.15. The van der Waals surface area contributed by atoms with E-state index < -0.39 is 23.4 Å². The van der Waals surface area contributed by atoms with E-state index in [4.69, 9.17) is 22.3 Å². The van der Waals surface area contributed by atoms with Crippen LogP contribution >= 0.6 is 11.6 Å². The number of nitrogens with zero attached hydrogens (tertiary/aromatic N) is 6. The number of carbonyl (C=O) groups is 1. The number of nitriles is 1. The lowest BCUT2D eigenvalue weighted by molar-refractivity contribution is -0.114. The highest BCUT2D eigenvalue weighted by molar-refractivity contribution is 6.32. The Hall–Kier alpha value is -4.83. The number of fused-ring (bicyclic) bond motifs is 1. The van der Waals surface area contributed by atoms with Crippen molar-refractivity contribution in [2.75, 3.05) is 10.6 Å². The molecule has 3 aromatic heterocycles. The first-order valence-electron chi connectivity index (χ1n) is 9.93. The van der Waals surface area contributed by atoms with Crippen molar-refractivity contribution in [3.05, 3.63) is 77.0 Å². The molecule has 0 atom stereocenters. The van der Waals surface area contributed by atoms with Gasteiger partial charge in [0.2, 0.25) is 0 Å². The highest BCUT2D eigenvalue weighted by Crippen LogP contribution is 2.32. The number of alkyl halides is 3. The van der Waals surface area contributed by atoms with Gasteiger partial charge in [-0.05, 0) is 30.3 Å². The normalized spacial score (nSPS) is 12.0. The lowest BCUT2D eigenvalue weighted by atomic mass is 10.1. The van der Waals surface area contributed by atoms with Crippen LogP contribution in [0.2, 0.25) is 5.02 Å². The molecule has 3 heterocycles. The summed E-state index contributed by atoms with van der Waals surface area (Å²) in [4.78, 5) is 22.0. The number of pyridine rings is 2. The number of aromatic nitrogens is 5. The zero-order valence-electron chi connectivity index (χ0n) is 17.9. The Kier molecular flexibility index (Phi) is 6.62. The SMILES string of the molecule is N#Cc1ccc2c(N/C(=C(\C=N)C(=O)Nc3cnc(-n4nccn4)c(Cl)c3)C(F)(F)F)cccc2n1. The molecule has 4 aromatic rings. The van der Waals surface area contributed by atoms with Crippen molar-refractivity contribution in [1.82, 2.24) is 25.0 Å². The molecule has 180 valence electrons. The fourth-order valence-electron chi connectivity index (χ4n) is 3.17. The molecule has 0 aliphatic carbocycles. The molecule has 10 nitrogen and oxygen atoms in total. The third kappa shape index (κ3) is 4.98. The van der Waals surface area contributed by atoms with Gasteiger partial charge in [0.15, 0.2) is 5.82 Å². The Labute approximate surface area is 205 Å². The third-order valence-corrected chi connectivity index (χ3v) is 5.01. The summed E-state index contributed by atoms with van der Waals surface area (Å²) in [6.45, 7) is 0. The molecule has 14 heteroatoms. The summed E-state index contributed by atoms with van der Waals surface area (Å²) in [6, 6.07) is 10.2. The predicted octanol–water partition coefficient (Wildman–Crippen LogP) is 4.25. The minimum atomic E-state index is -5.03. The number of anilines is 2. The van der Waals surface area contributed by atoms with E-state index >= 15 is 0 Å². The van der Waals surface area contributed by atoms with Gasteiger partial charge in [0.25, 0.3) is 5.91 Å². The summed E-state index contributed by atoms with van der Waals surface area (Å²) in [5.41, 5.74) is -2.13. The molecule has 1 aromatic carbocycles. The number of hydrogen-bond acceptors (Lipinski definition) is 8. The van der Waals surface area contributed by atoms with Gasteiger partial charge in [-0.25, -0.2) is 9.97 Å². The standard InChI is InChI=1S/C22H13ClF3N9O/c23-16-8-13(11-29-20(16)35-30-6-7-31-35)33-21(36)15(10-28)19(22(24,25)26)34-18-3-1-2-17-14(18)5-4-12(9-27)32-17/h1-8,10-11,28,34H,(H,33,36)/b19-15+,28-10?. The summed E-state index contributed by atoms with van der Waals surface area (Å²) in [5, 5.41) is 29.1. The molecule has 0 fully saturated rings. The van der Waals surface area contributed by atoms with Gasteiger partial charge in [0.05, 0.1) is 40.4 Å². The number of halogens is 4.